The lowest BCUT2D eigenvalue weighted by molar-refractivity contribution is -0.139. The Hall–Kier alpha value is -3.04. The van der Waals surface area contributed by atoms with Gasteiger partial charge in [-0.15, -0.1) is 0 Å². The quantitative estimate of drug-likeness (QED) is 0.496. The van der Waals surface area contributed by atoms with Crippen molar-refractivity contribution in [2.24, 2.45) is 4.99 Å². The number of ether oxygens (including phenoxy) is 2. The fourth-order valence-corrected chi connectivity index (χ4v) is 4.64. The lowest BCUT2D eigenvalue weighted by Crippen LogP contribution is -2.34. The average molecular weight is 528 g/mol. The van der Waals surface area contributed by atoms with E-state index >= 15 is 0 Å². The molecule has 0 unspecified atom stereocenters. The van der Waals surface area contributed by atoms with Gasteiger partial charge in [-0.25, -0.2) is 9.79 Å². The number of thioether (sulfide) groups is 1. The molecule has 1 atom stereocenters. The molecule has 1 N–H and O–H groups in total. The van der Waals surface area contributed by atoms with E-state index in [1.54, 1.807) is 32.0 Å². The van der Waals surface area contributed by atoms with Gasteiger partial charge in [0.2, 0.25) is 0 Å². The van der Waals surface area contributed by atoms with Crippen molar-refractivity contribution < 1.29 is 19.1 Å². The second-order valence-corrected chi connectivity index (χ2v) is 9.00. The van der Waals surface area contributed by atoms with E-state index < -0.39 is 12.0 Å². The highest BCUT2D eigenvalue weighted by Gasteiger charge is 2.38. The zero-order valence-electron chi connectivity index (χ0n) is 18.1. The predicted molar refractivity (Wildman–Crippen MR) is 133 cm³/mol. The molecule has 2 aliphatic heterocycles. The van der Waals surface area contributed by atoms with Gasteiger partial charge in [-0.3, -0.25) is 4.79 Å². The molecule has 0 saturated carbocycles. The first-order valence-corrected chi connectivity index (χ1v) is 12.0. The molecule has 7 nitrogen and oxygen atoms in total. The zero-order chi connectivity index (χ0) is 23.4. The Morgan fingerprint density at radius 1 is 1.18 bits per heavy atom. The van der Waals surface area contributed by atoms with Crippen LogP contribution in [-0.4, -0.2) is 35.2 Å². The van der Waals surface area contributed by atoms with Gasteiger partial charge in [-0.05, 0) is 49.6 Å². The molecule has 0 spiro atoms. The van der Waals surface area contributed by atoms with Crippen molar-refractivity contribution in [3.8, 4) is 5.75 Å². The number of fused-ring (bicyclic) bond motifs is 1. The number of hydrogen-bond donors (Lipinski definition) is 1. The Balaban J connectivity index is 1.59. The van der Waals surface area contributed by atoms with Gasteiger partial charge in [0.1, 0.15) is 5.75 Å². The van der Waals surface area contributed by atoms with Crippen LogP contribution in [0.2, 0.25) is 0 Å². The topological polar surface area (TPSA) is 80.2 Å². The number of nitrogens with zero attached hydrogens (tertiary/aromatic N) is 2. The number of carbonyl (C=O) groups is 2. The van der Waals surface area contributed by atoms with Gasteiger partial charge in [-0.1, -0.05) is 45.9 Å². The van der Waals surface area contributed by atoms with Crippen molar-refractivity contribution in [1.29, 1.82) is 0 Å². The molecule has 9 heteroatoms. The van der Waals surface area contributed by atoms with Crippen LogP contribution < -0.4 is 10.1 Å². The van der Waals surface area contributed by atoms with Gasteiger partial charge in [0.05, 0.1) is 23.9 Å². The third-order valence-electron chi connectivity index (χ3n) is 5.02. The third-order valence-corrected chi connectivity index (χ3v) is 6.32. The van der Waals surface area contributed by atoms with E-state index in [2.05, 4.69) is 26.2 Å². The van der Waals surface area contributed by atoms with Crippen LogP contribution in [0.3, 0.4) is 0 Å². The lowest BCUT2D eigenvalue weighted by Gasteiger charge is -2.34. The molecule has 0 aromatic heterocycles. The molecule has 0 fully saturated rings. The molecule has 2 aromatic carbocycles. The van der Waals surface area contributed by atoms with Gasteiger partial charge < -0.3 is 19.7 Å². The number of amidine groups is 1. The molecular formula is C24H22BrN3O4S. The van der Waals surface area contributed by atoms with Crippen molar-refractivity contribution >= 4 is 50.4 Å². The highest BCUT2D eigenvalue weighted by Crippen LogP contribution is 2.43. The van der Waals surface area contributed by atoms with Gasteiger partial charge in [0, 0.05) is 21.9 Å². The Kier molecular flexibility index (Phi) is 7.20. The monoisotopic (exact) mass is 527 g/mol. The normalized spacial score (nSPS) is 16.9. The number of para-hydroxylation sites is 1. The summed E-state index contributed by atoms with van der Waals surface area (Å²) < 4.78 is 12.2. The summed E-state index contributed by atoms with van der Waals surface area (Å²) in [4.78, 5) is 31.8. The van der Waals surface area contributed by atoms with Crippen molar-refractivity contribution in [1.82, 2.24) is 4.90 Å². The maximum Gasteiger partial charge on any atom is 0.338 e. The molecule has 2 heterocycles. The summed E-state index contributed by atoms with van der Waals surface area (Å²) in [5.41, 5.74) is 2.47. The van der Waals surface area contributed by atoms with E-state index in [-0.39, 0.29) is 19.1 Å². The van der Waals surface area contributed by atoms with Crippen LogP contribution in [0.4, 0.5) is 5.69 Å². The average Bonchev–Trinajstić information content (AvgIpc) is 3.27. The smallest absolute Gasteiger partial charge is 0.338 e. The van der Waals surface area contributed by atoms with Crippen LogP contribution in [0.5, 0.6) is 5.75 Å². The molecule has 2 aromatic rings. The Bertz CT molecular complexity index is 1160. The van der Waals surface area contributed by atoms with Crippen molar-refractivity contribution in [3.05, 3.63) is 81.4 Å². The third kappa shape index (κ3) is 5.15. The van der Waals surface area contributed by atoms with E-state index in [1.807, 2.05) is 46.8 Å². The highest BCUT2D eigenvalue weighted by atomic mass is 79.9. The number of hydrogen-bond acceptors (Lipinski definition) is 7. The SMILES string of the molecule is CCOC(=O)C1=C(C)N=C2SC=CN2[C@@H]1c1ccccc1OCC(=O)Nc1ccc(Br)cc1. The van der Waals surface area contributed by atoms with Crippen LogP contribution in [0.1, 0.15) is 25.5 Å². The van der Waals surface area contributed by atoms with E-state index in [9.17, 15) is 9.59 Å². The van der Waals surface area contributed by atoms with E-state index in [0.717, 1.165) is 15.2 Å². The maximum atomic E-state index is 12.9. The van der Waals surface area contributed by atoms with Crippen LogP contribution >= 0.6 is 27.7 Å². The fourth-order valence-electron chi connectivity index (χ4n) is 3.59. The van der Waals surface area contributed by atoms with Crippen LogP contribution in [0.25, 0.3) is 0 Å². The first-order chi connectivity index (χ1) is 16.0. The fraction of sp³-hybridized carbons (Fsp3) is 0.208. The van der Waals surface area contributed by atoms with Crippen LogP contribution in [0.15, 0.2) is 80.9 Å². The Labute approximate surface area is 204 Å². The molecule has 170 valence electrons. The molecule has 33 heavy (non-hydrogen) atoms. The summed E-state index contributed by atoms with van der Waals surface area (Å²) >= 11 is 4.86. The lowest BCUT2D eigenvalue weighted by atomic mass is 9.94. The number of halogens is 1. The number of esters is 1. The number of aliphatic imine (C=N–C) groups is 1. The van der Waals surface area contributed by atoms with E-state index in [4.69, 9.17) is 9.47 Å². The number of rotatable bonds is 7. The van der Waals surface area contributed by atoms with Crippen molar-refractivity contribution in [2.75, 3.05) is 18.5 Å². The van der Waals surface area contributed by atoms with Crippen LogP contribution in [0, 0.1) is 0 Å². The zero-order valence-corrected chi connectivity index (χ0v) is 20.5. The minimum atomic E-state index is -0.478. The molecule has 4 rings (SSSR count). The first kappa shape index (κ1) is 23.1. The van der Waals surface area contributed by atoms with E-state index in [1.165, 1.54) is 11.8 Å². The number of anilines is 1. The second-order valence-electron chi connectivity index (χ2n) is 7.21. The minimum Gasteiger partial charge on any atom is -0.483 e. The summed E-state index contributed by atoms with van der Waals surface area (Å²) in [6, 6.07) is 14.2. The molecule has 0 radical (unpaired) electrons. The maximum absolute atomic E-state index is 12.9. The summed E-state index contributed by atoms with van der Waals surface area (Å²) in [5.74, 6) is -0.197. The summed E-state index contributed by atoms with van der Waals surface area (Å²) in [5, 5.41) is 5.50. The molecule has 0 bridgehead atoms. The number of nitrogens with one attached hydrogen (secondary N) is 1. The summed E-state index contributed by atoms with van der Waals surface area (Å²) in [6.45, 7) is 3.66. The van der Waals surface area contributed by atoms with Gasteiger partial charge in [0.15, 0.2) is 11.8 Å². The Morgan fingerprint density at radius 3 is 2.70 bits per heavy atom. The summed E-state index contributed by atoms with van der Waals surface area (Å²) in [7, 11) is 0. The predicted octanol–water partition coefficient (Wildman–Crippen LogP) is 5.23. The second kappa shape index (κ2) is 10.3. The molecular weight excluding hydrogens is 506 g/mol. The number of amides is 1. The molecule has 0 aliphatic carbocycles. The number of allylic oxidation sites excluding steroid dienone is 1. The van der Waals surface area contributed by atoms with Crippen LogP contribution in [-0.2, 0) is 14.3 Å². The van der Waals surface area contributed by atoms with E-state index in [0.29, 0.717) is 22.7 Å². The highest BCUT2D eigenvalue weighted by molar-refractivity contribution is 9.10. The Morgan fingerprint density at radius 2 is 1.94 bits per heavy atom. The molecule has 2 aliphatic rings. The number of carbonyl (C=O) groups excluding carboxylic acids is 2. The van der Waals surface area contributed by atoms with Crippen molar-refractivity contribution in [2.45, 2.75) is 19.9 Å². The van der Waals surface area contributed by atoms with Gasteiger partial charge >= 0.3 is 5.97 Å². The molecule has 1 amide bonds. The van der Waals surface area contributed by atoms with Gasteiger partial charge in [-0.2, -0.15) is 0 Å². The number of benzene rings is 2. The standard InChI is InChI=1S/C24H22BrN3O4S/c1-3-31-23(30)21-15(2)26-24-28(12-13-33-24)22(21)18-6-4-5-7-19(18)32-14-20(29)27-17-10-8-16(25)9-11-17/h4-13,22H,3,14H2,1-2H3,(H,27,29)/t22-/m1/s1. The molecule has 0 saturated heterocycles. The first-order valence-electron chi connectivity index (χ1n) is 10.3. The van der Waals surface area contributed by atoms with Gasteiger partial charge in [0.25, 0.3) is 5.91 Å². The minimum absolute atomic E-state index is 0.178. The largest absolute Gasteiger partial charge is 0.483 e. The summed E-state index contributed by atoms with van der Waals surface area (Å²) in [6.07, 6.45) is 1.89. The van der Waals surface area contributed by atoms with Crippen molar-refractivity contribution in [3.63, 3.8) is 0 Å².